The molecule has 53 heavy (non-hydrogen) atoms. The van der Waals surface area contributed by atoms with Crippen molar-refractivity contribution in [2.45, 2.75) is 57.7 Å². The third-order valence-electron chi connectivity index (χ3n) is 10.6. The van der Waals surface area contributed by atoms with Crippen molar-refractivity contribution in [2.75, 3.05) is 41.0 Å². The van der Waals surface area contributed by atoms with Crippen molar-refractivity contribution >= 4 is 35.0 Å². The lowest BCUT2D eigenvalue weighted by molar-refractivity contribution is -0.145. The number of hydrogen-bond acceptors (Lipinski definition) is 10. The summed E-state index contributed by atoms with van der Waals surface area (Å²) in [5, 5.41) is 4.48. The standard InChI is InChI=1S/C41H44Cl2N4O6/c1-50-38-25(21-44-20-24-10-12-28(48)18-24)11-14-35(45-38)33-9-5-8-32(37(33)43)29-6-4-7-31-30(29)13-15-36(31)53-40-34(42)19-27(39(46-40)51-2)23-47-17-16-26(22-47)41(49)52-3/h4-9,11,14,19,24,26,36,44H,10,12-13,15-18,20-23H2,1-3H3/t24-,26-,36+/m1/s1. The first kappa shape index (κ1) is 37.1. The first-order chi connectivity index (χ1) is 25.8. The fraction of sp³-hybridized carbons (Fsp3) is 0.415. The minimum absolute atomic E-state index is 0.136. The lowest BCUT2D eigenvalue weighted by atomic mass is 9.94. The zero-order valence-corrected chi connectivity index (χ0v) is 31.8. The van der Waals surface area contributed by atoms with Gasteiger partial charge in [0, 0.05) is 54.7 Å². The summed E-state index contributed by atoms with van der Waals surface area (Å²) in [5.41, 5.74) is 7.50. The number of ketones is 1. The number of ether oxygens (including phenoxy) is 4. The number of aromatic nitrogens is 2. The molecule has 0 bridgehead atoms. The Kier molecular flexibility index (Phi) is 11.5. The number of Topliss-reactive ketones (excluding diaryl/α,β-unsaturated/α-hetero) is 1. The van der Waals surface area contributed by atoms with Crippen LogP contribution >= 0.6 is 23.2 Å². The Bertz CT molecular complexity index is 2010. The van der Waals surface area contributed by atoms with Crippen LogP contribution in [0.15, 0.2) is 54.6 Å². The summed E-state index contributed by atoms with van der Waals surface area (Å²) in [6.07, 6.45) is 4.33. The molecule has 1 N–H and O–H groups in total. The molecule has 3 atom stereocenters. The molecule has 0 radical (unpaired) electrons. The van der Waals surface area contributed by atoms with Crippen LogP contribution in [0.4, 0.5) is 0 Å². The maximum Gasteiger partial charge on any atom is 0.310 e. The molecule has 278 valence electrons. The van der Waals surface area contributed by atoms with Gasteiger partial charge in [0.15, 0.2) is 0 Å². The van der Waals surface area contributed by atoms with Gasteiger partial charge in [-0.25, -0.2) is 4.98 Å². The number of halogens is 2. The molecule has 2 aromatic heterocycles. The predicted octanol–water partition coefficient (Wildman–Crippen LogP) is 7.65. The maximum atomic E-state index is 12.0. The number of pyridine rings is 2. The van der Waals surface area contributed by atoms with Crippen LogP contribution in [0.25, 0.3) is 22.4 Å². The second-order valence-electron chi connectivity index (χ2n) is 14.0. The van der Waals surface area contributed by atoms with E-state index in [4.69, 9.17) is 47.1 Å². The minimum atomic E-state index is -0.256. The van der Waals surface area contributed by atoms with Crippen molar-refractivity contribution in [1.29, 1.82) is 0 Å². The lowest BCUT2D eigenvalue weighted by Gasteiger charge is -2.20. The topological polar surface area (TPSA) is 112 Å². The van der Waals surface area contributed by atoms with Crippen LogP contribution in [-0.4, -0.2) is 67.6 Å². The number of benzene rings is 2. The molecule has 2 fully saturated rings. The molecule has 1 saturated heterocycles. The number of methoxy groups -OCH3 is 3. The number of nitrogens with zero attached hydrogens (tertiary/aromatic N) is 3. The molecule has 0 spiro atoms. The van der Waals surface area contributed by atoms with Crippen LogP contribution in [0, 0.1) is 11.8 Å². The summed E-state index contributed by atoms with van der Waals surface area (Å²) in [4.78, 5) is 35.4. The van der Waals surface area contributed by atoms with Gasteiger partial charge in [0.2, 0.25) is 17.6 Å². The molecule has 2 aliphatic carbocycles. The van der Waals surface area contributed by atoms with Crippen LogP contribution in [0.1, 0.15) is 60.5 Å². The fourth-order valence-corrected chi connectivity index (χ4v) is 8.46. The molecule has 10 nitrogen and oxygen atoms in total. The van der Waals surface area contributed by atoms with E-state index in [-0.39, 0.29) is 18.0 Å². The molecule has 0 amide bonds. The molecule has 1 saturated carbocycles. The summed E-state index contributed by atoms with van der Waals surface area (Å²) in [6.45, 7) is 3.33. The normalized spacial score (nSPS) is 19.7. The van der Waals surface area contributed by atoms with Crippen LogP contribution in [0.2, 0.25) is 10.0 Å². The van der Waals surface area contributed by atoms with E-state index in [0.29, 0.717) is 71.9 Å². The molecular weight excluding hydrogens is 715 g/mol. The van der Waals surface area contributed by atoms with Gasteiger partial charge in [-0.2, -0.15) is 4.98 Å². The zero-order valence-electron chi connectivity index (χ0n) is 30.3. The highest BCUT2D eigenvalue weighted by atomic mass is 35.5. The van der Waals surface area contributed by atoms with Crippen molar-refractivity contribution in [1.82, 2.24) is 20.2 Å². The summed E-state index contributed by atoms with van der Waals surface area (Å²) in [6, 6.07) is 18.1. The highest BCUT2D eigenvalue weighted by Crippen LogP contribution is 2.45. The maximum absolute atomic E-state index is 12.0. The number of carbonyl (C=O) groups excluding carboxylic acids is 2. The number of likely N-dealkylation sites (tertiary alicyclic amines) is 1. The Morgan fingerprint density at radius 3 is 2.43 bits per heavy atom. The third kappa shape index (κ3) is 8.01. The van der Waals surface area contributed by atoms with E-state index in [9.17, 15) is 9.59 Å². The van der Waals surface area contributed by atoms with Crippen LogP contribution in [-0.2, 0) is 33.8 Å². The first-order valence-electron chi connectivity index (χ1n) is 18.1. The van der Waals surface area contributed by atoms with E-state index in [2.05, 4.69) is 27.3 Å². The SMILES string of the molecule is COC(=O)[C@@H]1CCN(Cc2cc(Cl)c(O[C@H]3CCc4c(-c5cccc(-c6ccc(CNC[C@@H]7CCC(=O)C7)c(OC)n6)c5Cl)cccc43)nc2OC)C1. The number of fused-ring (bicyclic) bond motifs is 1. The first-order valence-corrected chi connectivity index (χ1v) is 18.9. The van der Waals surface area contributed by atoms with Crippen LogP contribution < -0.4 is 19.5 Å². The van der Waals surface area contributed by atoms with Crippen molar-refractivity contribution in [2.24, 2.45) is 11.8 Å². The van der Waals surface area contributed by atoms with Crippen molar-refractivity contribution in [3.63, 3.8) is 0 Å². The van der Waals surface area contributed by atoms with Crippen molar-refractivity contribution in [3.8, 4) is 40.0 Å². The van der Waals surface area contributed by atoms with Crippen LogP contribution in [0.3, 0.4) is 0 Å². The average Bonchev–Trinajstić information content (AvgIpc) is 3.93. The van der Waals surface area contributed by atoms with Crippen LogP contribution in [0.5, 0.6) is 17.6 Å². The number of nitrogens with one attached hydrogen (secondary N) is 1. The summed E-state index contributed by atoms with van der Waals surface area (Å²) in [5.74, 6) is 1.73. The van der Waals surface area contributed by atoms with E-state index in [0.717, 1.165) is 77.8 Å². The summed E-state index contributed by atoms with van der Waals surface area (Å²) in [7, 11) is 4.63. The third-order valence-corrected chi connectivity index (χ3v) is 11.3. The van der Waals surface area contributed by atoms with Gasteiger partial charge in [-0.1, -0.05) is 65.7 Å². The van der Waals surface area contributed by atoms with Gasteiger partial charge in [-0.05, 0) is 73.5 Å². The van der Waals surface area contributed by atoms with Gasteiger partial charge in [0.1, 0.15) is 16.9 Å². The largest absolute Gasteiger partial charge is 0.481 e. The molecular formula is C41H44Cl2N4O6. The highest BCUT2D eigenvalue weighted by Gasteiger charge is 2.32. The Hall–Kier alpha value is -4.22. The van der Waals surface area contributed by atoms with E-state index in [1.165, 1.54) is 12.7 Å². The Morgan fingerprint density at radius 1 is 0.887 bits per heavy atom. The van der Waals surface area contributed by atoms with Gasteiger partial charge in [0.25, 0.3) is 0 Å². The molecule has 0 unspecified atom stereocenters. The molecule has 7 rings (SSSR count). The van der Waals surface area contributed by atoms with E-state index in [1.807, 2.05) is 42.5 Å². The number of rotatable bonds is 13. The highest BCUT2D eigenvalue weighted by molar-refractivity contribution is 6.36. The van der Waals surface area contributed by atoms with Gasteiger partial charge >= 0.3 is 5.97 Å². The smallest absolute Gasteiger partial charge is 0.310 e. The molecule has 3 aliphatic rings. The molecule has 2 aromatic carbocycles. The predicted molar refractivity (Wildman–Crippen MR) is 204 cm³/mol. The van der Waals surface area contributed by atoms with Gasteiger partial charge < -0.3 is 24.3 Å². The molecule has 1 aliphatic heterocycles. The monoisotopic (exact) mass is 758 g/mol. The minimum Gasteiger partial charge on any atom is -0.481 e. The fourth-order valence-electron chi connectivity index (χ4n) is 7.91. The Morgan fingerprint density at radius 2 is 1.66 bits per heavy atom. The van der Waals surface area contributed by atoms with Gasteiger partial charge in [-0.15, -0.1) is 0 Å². The van der Waals surface area contributed by atoms with E-state index >= 15 is 0 Å². The summed E-state index contributed by atoms with van der Waals surface area (Å²) < 4.78 is 22.8. The second kappa shape index (κ2) is 16.4. The van der Waals surface area contributed by atoms with Gasteiger partial charge in [0.05, 0.1) is 38.0 Å². The number of hydrogen-bond donors (Lipinski definition) is 1. The Labute approximate surface area is 320 Å². The average molecular weight is 760 g/mol. The molecule has 12 heteroatoms. The Balaban J connectivity index is 1.07. The van der Waals surface area contributed by atoms with E-state index in [1.54, 1.807) is 14.2 Å². The van der Waals surface area contributed by atoms with E-state index < -0.39 is 0 Å². The second-order valence-corrected chi connectivity index (χ2v) is 14.8. The quantitative estimate of drug-likeness (QED) is 0.137. The lowest BCUT2D eigenvalue weighted by Crippen LogP contribution is -2.24. The zero-order chi connectivity index (χ0) is 37.1. The van der Waals surface area contributed by atoms with Crippen molar-refractivity contribution < 1.29 is 28.5 Å². The molecule has 3 heterocycles. The van der Waals surface area contributed by atoms with Crippen molar-refractivity contribution in [3.05, 3.63) is 86.9 Å². The number of esters is 1. The summed E-state index contributed by atoms with van der Waals surface area (Å²) >= 11 is 14.0. The number of carbonyl (C=O) groups is 2. The van der Waals surface area contributed by atoms with Gasteiger partial charge in [-0.3, -0.25) is 14.5 Å². The molecule has 4 aromatic rings.